The summed E-state index contributed by atoms with van der Waals surface area (Å²) in [7, 11) is 0. The summed E-state index contributed by atoms with van der Waals surface area (Å²) >= 11 is 1.21. The van der Waals surface area contributed by atoms with Crippen molar-refractivity contribution in [3.05, 3.63) is 16.6 Å². The van der Waals surface area contributed by atoms with Crippen molar-refractivity contribution in [2.75, 3.05) is 0 Å². The van der Waals surface area contributed by atoms with Gasteiger partial charge in [0, 0.05) is 25.0 Å². The third kappa shape index (κ3) is 2.22. The molecule has 0 saturated heterocycles. The molecule has 0 radical (unpaired) electrons. The van der Waals surface area contributed by atoms with Gasteiger partial charge in [-0.1, -0.05) is 0 Å². The minimum absolute atomic E-state index is 0.0464. The number of halogens is 2. The van der Waals surface area contributed by atoms with E-state index in [0.717, 1.165) is 0 Å². The molecule has 1 fully saturated rings. The zero-order valence-corrected chi connectivity index (χ0v) is 8.90. The second kappa shape index (κ2) is 3.96. The normalized spacial score (nSPS) is 24.3. The summed E-state index contributed by atoms with van der Waals surface area (Å²) in [5.74, 6) is -3.63. The molecule has 0 aliphatic heterocycles. The molecular weight excluding hydrogens is 220 g/mol. The van der Waals surface area contributed by atoms with Crippen LogP contribution >= 0.6 is 11.3 Å². The van der Waals surface area contributed by atoms with Crippen molar-refractivity contribution in [2.45, 2.75) is 31.6 Å². The fourth-order valence-corrected chi connectivity index (χ4v) is 2.50. The van der Waals surface area contributed by atoms with Crippen LogP contribution in [0.3, 0.4) is 0 Å². The van der Waals surface area contributed by atoms with Gasteiger partial charge in [0.05, 0.1) is 10.4 Å². The average Bonchev–Trinajstić information content (AvgIpc) is 2.76. The van der Waals surface area contributed by atoms with Gasteiger partial charge in [-0.3, -0.25) is 9.78 Å². The largest absolute Gasteiger partial charge is 0.293 e. The van der Waals surface area contributed by atoms with E-state index in [1.165, 1.54) is 17.5 Å². The number of Topliss-reactive ketones (excluding diaryl/α,β-unsaturated/α-hetero) is 1. The SMILES string of the molecule is O=C(CC1CCCC1(F)F)c1cncs1. The molecule has 1 aliphatic rings. The molecule has 2 rings (SSSR count). The number of carbonyl (C=O) groups is 1. The lowest BCUT2D eigenvalue weighted by atomic mass is 9.98. The molecule has 0 spiro atoms. The number of hydrogen-bond donors (Lipinski definition) is 0. The maximum Gasteiger partial charge on any atom is 0.251 e. The van der Waals surface area contributed by atoms with E-state index in [2.05, 4.69) is 4.98 Å². The fraction of sp³-hybridized carbons (Fsp3) is 0.600. The molecule has 0 amide bonds. The minimum Gasteiger partial charge on any atom is -0.293 e. The molecule has 82 valence electrons. The summed E-state index contributed by atoms with van der Waals surface area (Å²) in [6.07, 6.45) is 2.30. The van der Waals surface area contributed by atoms with Gasteiger partial charge < -0.3 is 0 Å². The molecule has 1 aliphatic carbocycles. The third-order valence-corrected chi connectivity index (χ3v) is 3.61. The van der Waals surface area contributed by atoms with E-state index in [0.29, 0.717) is 17.7 Å². The van der Waals surface area contributed by atoms with Crippen LogP contribution in [0.4, 0.5) is 8.78 Å². The first-order valence-corrected chi connectivity index (χ1v) is 5.77. The van der Waals surface area contributed by atoms with Crippen LogP contribution in [0.2, 0.25) is 0 Å². The van der Waals surface area contributed by atoms with Crippen molar-refractivity contribution in [1.82, 2.24) is 4.98 Å². The molecule has 1 unspecified atom stereocenters. The van der Waals surface area contributed by atoms with Gasteiger partial charge in [0.15, 0.2) is 5.78 Å². The Kier molecular flexibility index (Phi) is 2.82. The summed E-state index contributed by atoms with van der Waals surface area (Å²) in [5, 5.41) is 0. The van der Waals surface area contributed by atoms with Crippen LogP contribution in [-0.2, 0) is 0 Å². The second-order valence-corrected chi connectivity index (χ2v) is 4.73. The molecule has 0 aromatic carbocycles. The first-order chi connectivity index (χ1) is 7.09. The second-order valence-electron chi connectivity index (χ2n) is 3.84. The Morgan fingerprint density at radius 1 is 1.67 bits per heavy atom. The van der Waals surface area contributed by atoms with Gasteiger partial charge in [-0.05, 0) is 12.8 Å². The van der Waals surface area contributed by atoms with Crippen molar-refractivity contribution in [1.29, 1.82) is 0 Å². The van der Waals surface area contributed by atoms with E-state index >= 15 is 0 Å². The summed E-state index contributed by atoms with van der Waals surface area (Å²) in [6.45, 7) is 0. The number of aromatic nitrogens is 1. The van der Waals surface area contributed by atoms with Crippen molar-refractivity contribution >= 4 is 17.1 Å². The Morgan fingerprint density at radius 2 is 2.47 bits per heavy atom. The van der Waals surface area contributed by atoms with Crippen LogP contribution < -0.4 is 0 Å². The first-order valence-electron chi connectivity index (χ1n) is 4.89. The number of hydrogen-bond acceptors (Lipinski definition) is 3. The summed E-state index contributed by atoms with van der Waals surface area (Å²) < 4.78 is 26.5. The predicted molar refractivity (Wildman–Crippen MR) is 53.3 cm³/mol. The number of carbonyl (C=O) groups excluding carboxylic acids is 1. The lowest BCUT2D eigenvalue weighted by Crippen LogP contribution is -2.24. The topological polar surface area (TPSA) is 30.0 Å². The van der Waals surface area contributed by atoms with Crippen LogP contribution in [0.25, 0.3) is 0 Å². The summed E-state index contributed by atoms with van der Waals surface area (Å²) in [6, 6.07) is 0. The predicted octanol–water partition coefficient (Wildman–Crippen LogP) is 3.15. The first kappa shape index (κ1) is 10.7. The number of rotatable bonds is 3. The average molecular weight is 231 g/mol. The van der Waals surface area contributed by atoms with Crippen LogP contribution in [0, 0.1) is 5.92 Å². The van der Waals surface area contributed by atoms with Crippen molar-refractivity contribution in [3.8, 4) is 0 Å². The molecule has 1 heterocycles. The van der Waals surface area contributed by atoms with Crippen LogP contribution in [-0.4, -0.2) is 16.7 Å². The Balaban J connectivity index is 2.01. The van der Waals surface area contributed by atoms with Crippen molar-refractivity contribution in [2.24, 2.45) is 5.92 Å². The van der Waals surface area contributed by atoms with Crippen LogP contribution in [0.1, 0.15) is 35.4 Å². The van der Waals surface area contributed by atoms with Gasteiger partial charge in [-0.15, -0.1) is 11.3 Å². The third-order valence-electron chi connectivity index (χ3n) is 2.80. The van der Waals surface area contributed by atoms with Crippen LogP contribution in [0.15, 0.2) is 11.7 Å². The molecule has 2 nitrogen and oxygen atoms in total. The monoisotopic (exact) mass is 231 g/mol. The van der Waals surface area contributed by atoms with Gasteiger partial charge in [0.1, 0.15) is 0 Å². The van der Waals surface area contributed by atoms with Gasteiger partial charge in [-0.25, -0.2) is 8.78 Å². The smallest absolute Gasteiger partial charge is 0.251 e. The van der Waals surface area contributed by atoms with E-state index in [-0.39, 0.29) is 18.6 Å². The lowest BCUT2D eigenvalue weighted by molar-refractivity contribution is -0.0370. The molecule has 5 heteroatoms. The molecular formula is C10H11F2NOS. The van der Waals surface area contributed by atoms with E-state index < -0.39 is 11.8 Å². The van der Waals surface area contributed by atoms with E-state index in [1.807, 2.05) is 0 Å². The zero-order chi connectivity index (χ0) is 10.9. The number of nitrogens with zero attached hydrogens (tertiary/aromatic N) is 1. The van der Waals surface area contributed by atoms with Crippen molar-refractivity contribution in [3.63, 3.8) is 0 Å². The van der Waals surface area contributed by atoms with E-state index in [4.69, 9.17) is 0 Å². The standard InChI is InChI=1S/C10H11F2NOS/c11-10(12)3-1-2-7(10)4-8(14)9-5-13-6-15-9/h5-7H,1-4H2. The quantitative estimate of drug-likeness (QED) is 0.748. The van der Waals surface area contributed by atoms with E-state index in [1.54, 1.807) is 5.51 Å². The van der Waals surface area contributed by atoms with Gasteiger partial charge in [0.25, 0.3) is 5.92 Å². The number of ketones is 1. The highest BCUT2D eigenvalue weighted by Gasteiger charge is 2.44. The van der Waals surface area contributed by atoms with Gasteiger partial charge >= 0.3 is 0 Å². The summed E-state index contributed by atoms with van der Waals surface area (Å²) in [4.78, 5) is 15.8. The Morgan fingerprint density at radius 3 is 3.00 bits per heavy atom. The molecule has 0 N–H and O–H groups in total. The van der Waals surface area contributed by atoms with Gasteiger partial charge in [0.2, 0.25) is 0 Å². The molecule has 0 bridgehead atoms. The number of alkyl halides is 2. The summed E-state index contributed by atoms with van der Waals surface area (Å²) in [5.41, 5.74) is 1.54. The minimum atomic E-state index is -2.65. The zero-order valence-electron chi connectivity index (χ0n) is 8.08. The maximum absolute atomic E-state index is 13.2. The van der Waals surface area contributed by atoms with Crippen molar-refractivity contribution < 1.29 is 13.6 Å². The Labute approximate surface area is 90.3 Å². The highest BCUT2D eigenvalue weighted by atomic mass is 32.1. The molecule has 1 aromatic rings. The Hall–Kier alpha value is -0.840. The van der Waals surface area contributed by atoms with Crippen LogP contribution in [0.5, 0.6) is 0 Å². The molecule has 1 atom stereocenters. The number of thiazole rings is 1. The lowest BCUT2D eigenvalue weighted by Gasteiger charge is -2.17. The highest BCUT2D eigenvalue weighted by Crippen LogP contribution is 2.42. The van der Waals surface area contributed by atoms with Gasteiger partial charge in [-0.2, -0.15) is 0 Å². The fourth-order valence-electron chi connectivity index (χ4n) is 1.93. The molecule has 1 saturated carbocycles. The highest BCUT2D eigenvalue weighted by molar-refractivity contribution is 7.11. The molecule has 1 aromatic heterocycles. The van der Waals surface area contributed by atoms with E-state index in [9.17, 15) is 13.6 Å². The maximum atomic E-state index is 13.2. The Bertz CT molecular complexity index is 350. The molecule has 15 heavy (non-hydrogen) atoms.